The summed E-state index contributed by atoms with van der Waals surface area (Å²) in [6.45, 7) is 1.71. The Morgan fingerprint density at radius 1 is 1.39 bits per heavy atom. The number of hydrogen-bond acceptors (Lipinski definition) is 4. The number of anilines is 1. The zero-order chi connectivity index (χ0) is 13.1. The van der Waals surface area contributed by atoms with E-state index in [1.54, 1.807) is 6.92 Å². The van der Waals surface area contributed by atoms with Gasteiger partial charge in [-0.3, -0.25) is 9.89 Å². The van der Waals surface area contributed by atoms with E-state index in [0.717, 1.165) is 0 Å². The Labute approximate surface area is 102 Å². The lowest BCUT2D eigenvalue weighted by atomic mass is 10.1. The van der Waals surface area contributed by atoms with Crippen LogP contribution in [0.25, 0.3) is 0 Å². The van der Waals surface area contributed by atoms with Crippen LogP contribution in [-0.4, -0.2) is 32.2 Å². The average molecular weight is 246 g/mol. The van der Waals surface area contributed by atoms with E-state index < -0.39 is 11.9 Å². The minimum Gasteiger partial charge on any atom is -0.478 e. The largest absolute Gasteiger partial charge is 0.478 e. The Morgan fingerprint density at radius 2 is 2.17 bits per heavy atom. The molecule has 2 rings (SSSR count). The lowest BCUT2D eigenvalue weighted by Gasteiger charge is -2.07. The number of rotatable bonds is 3. The van der Waals surface area contributed by atoms with E-state index in [9.17, 15) is 9.59 Å². The first-order valence-electron chi connectivity index (χ1n) is 5.08. The second-order valence-corrected chi connectivity index (χ2v) is 3.62. The van der Waals surface area contributed by atoms with Gasteiger partial charge in [-0.1, -0.05) is 0 Å². The third-order valence-electron chi connectivity index (χ3n) is 2.35. The van der Waals surface area contributed by atoms with Gasteiger partial charge in [0.25, 0.3) is 5.91 Å². The van der Waals surface area contributed by atoms with Crippen molar-refractivity contribution in [1.29, 1.82) is 0 Å². The zero-order valence-corrected chi connectivity index (χ0v) is 9.47. The van der Waals surface area contributed by atoms with Gasteiger partial charge in [-0.2, -0.15) is 5.10 Å². The number of nitrogens with zero attached hydrogens (tertiary/aromatic N) is 2. The van der Waals surface area contributed by atoms with Gasteiger partial charge in [0.05, 0.1) is 5.56 Å². The molecule has 3 N–H and O–H groups in total. The molecule has 2 aromatic rings. The fourth-order valence-electron chi connectivity index (χ4n) is 1.43. The Balaban J connectivity index is 2.20. The number of amides is 1. The van der Waals surface area contributed by atoms with E-state index >= 15 is 0 Å². The molecule has 7 heteroatoms. The number of H-pyrrole nitrogens is 1. The molecule has 0 atom stereocenters. The highest BCUT2D eigenvalue weighted by Crippen LogP contribution is 2.17. The minimum atomic E-state index is -1.01. The van der Waals surface area contributed by atoms with Crippen molar-refractivity contribution in [2.45, 2.75) is 6.92 Å². The summed E-state index contributed by atoms with van der Waals surface area (Å²) < 4.78 is 0. The lowest BCUT2D eigenvalue weighted by Crippen LogP contribution is -2.14. The molecule has 1 amide bonds. The molecule has 1 heterocycles. The first-order valence-corrected chi connectivity index (χ1v) is 5.08. The molecule has 0 saturated heterocycles. The van der Waals surface area contributed by atoms with Crippen LogP contribution in [0.5, 0.6) is 0 Å². The summed E-state index contributed by atoms with van der Waals surface area (Å²) >= 11 is 0. The molecule has 0 aliphatic carbocycles. The van der Waals surface area contributed by atoms with Crippen LogP contribution >= 0.6 is 0 Å². The van der Waals surface area contributed by atoms with Crippen LogP contribution in [0.4, 0.5) is 5.69 Å². The summed E-state index contributed by atoms with van der Waals surface area (Å²) in [5.74, 6) is -1.35. The minimum absolute atomic E-state index is 0.0942. The van der Waals surface area contributed by atoms with Gasteiger partial charge < -0.3 is 10.4 Å². The second kappa shape index (κ2) is 4.66. The number of carbonyl (C=O) groups is 2. The molecule has 1 aromatic carbocycles. The van der Waals surface area contributed by atoms with Gasteiger partial charge in [0.1, 0.15) is 6.33 Å². The van der Waals surface area contributed by atoms with Crippen LogP contribution in [0.3, 0.4) is 0 Å². The molecule has 0 spiro atoms. The third-order valence-corrected chi connectivity index (χ3v) is 2.35. The summed E-state index contributed by atoms with van der Waals surface area (Å²) in [5, 5.41) is 17.4. The number of benzene rings is 1. The number of aromatic carboxylic acids is 1. The molecule has 0 fully saturated rings. The van der Waals surface area contributed by atoms with Crippen molar-refractivity contribution in [1.82, 2.24) is 15.2 Å². The van der Waals surface area contributed by atoms with Gasteiger partial charge in [0.2, 0.25) is 5.82 Å². The molecule has 0 saturated carbocycles. The highest BCUT2D eigenvalue weighted by Gasteiger charge is 2.11. The van der Waals surface area contributed by atoms with Crippen LogP contribution in [0.1, 0.15) is 26.5 Å². The number of carboxylic acid groups (broad SMARTS) is 1. The molecular weight excluding hydrogens is 236 g/mol. The van der Waals surface area contributed by atoms with Crippen molar-refractivity contribution >= 4 is 17.6 Å². The SMILES string of the molecule is Cc1cc(C(=O)O)ccc1NC(=O)c1ncn[nH]1. The molecule has 0 unspecified atom stereocenters. The van der Waals surface area contributed by atoms with E-state index in [1.807, 2.05) is 0 Å². The molecule has 92 valence electrons. The molecule has 0 bridgehead atoms. The standard InChI is InChI=1S/C11H10N4O3/c1-6-4-7(11(17)18)2-3-8(6)14-10(16)9-12-5-13-15-9/h2-5H,1H3,(H,14,16)(H,17,18)(H,12,13,15). The highest BCUT2D eigenvalue weighted by molar-refractivity contribution is 6.02. The summed E-state index contributed by atoms with van der Waals surface area (Å²) in [6.07, 6.45) is 1.23. The maximum atomic E-state index is 11.7. The Bertz CT molecular complexity index is 592. The van der Waals surface area contributed by atoms with Crippen molar-refractivity contribution in [3.63, 3.8) is 0 Å². The lowest BCUT2D eigenvalue weighted by molar-refractivity contribution is 0.0696. The average Bonchev–Trinajstić information content (AvgIpc) is 2.85. The molecule has 0 aliphatic rings. The predicted octanol–water partition coefficient (Wildman–Crippen LogP) is 1.06. The number of aromatic nitrogens is 3. The van der Waals surface area contributed by atoms with Crippen molar-refractivity contribution in [2.24, 2.45) is 0 Å². The van der Waals surface area contributed by atoms with Crippen molar-refractivity contribution in [3.05, 3.63) is 41.5 Å². The number of aromatic amines is 1. The monoisotopic (exact) mass is 246 g/mol. The predicted molar refractivity (Wildman–Crippen MR) is 62.5 cm³/mol. The molecule has 1 aromatic heterocycles. The van der Waals surface area contributed by atoms with Gasteiger partial charge in [0.15, 0.2) is 0 Å². The van der Waals surface area contributed by atoms with E-state index in [1.165, 1.54) is 24.5 Å². The molecule has 7 nitrogen and oxygen atoms in total. The van der Waals surface area contributed by atoms with Crippen molar-refractivity contribution in [3.8, 4) is 0 Å². The maximum absolute atomic E-state index is 11.7. The number of nitrogens with one attached hydrogen (secondary N) is 2. The van der Waals surface area contributed by atoms with Gasteiger partial charge >= 0.3 is 5.97 Å². The molecule has 0 radical (unpaired) electrons. The van der Waals surface area contributed by atoms with Crippen LogP contribution < -0.4 is 5.32 Å². The quantitative estimate of drug-likeness (QED) is 0.750. The normalized spacial score (nSPS) is 10.1. The van der Waals surface area contributed by atoms with Crippen LogP contribution in [-0.2, 0) is 0 Å². The van der Waals surface area contributed by atoms with Crippen LogP contribution in [0.15, 0.2) is 24.5 Å². The van der Waals surface area contributed by atoms with Gasteiger partial charge in [0, 0.05) is 5.69 Å². The molecule has 18 heavy (non-hydrogen) atoms. The van der Waals surface area contributed by atoms with E-state index in [4.69, 9.17) is 5.11 Å². The fraction of sp³-hybridized carbons (Fsp3) is 0.0909. The number of carbonyl (C=O) groups excluding carboxylic acids is 1. The third kappa shape index (κ3) is 2.34. The van der Waals surface area contributed by atoms with Crippen LogP contribution in [0, 0.1) is 6.92 Å². The second-order valence-electron chi connectivity index (χ2n) is 3.62. The van der Waals surface area contributed by atoms with Crippen LogP contribution in [0.2, 0.25) is 0 Å². The first kappa shape index (κ1) is 11.8. The van der Waals surface area contributed by atoms with Crippen molar-refractivity contribution in [2.75, 3.05) is 5.32 Å². The van der Waals surface area contributed by atoms with E-state index in [2.05, 4.69) is 20.5 Å². The van der Waals surface area contributed by atoms with Gasteiger partial charge in [-0.15, -0.1) is 0 Å². The summed E-state index contributed by atoms with van der Waals surface area (Å²) in [7, 11) is 0. The Kier molecular flexibility index (Phi) is 3.05. The molecular formula is C11H10N4O3. The summed E-state index contributed by atoms with van der Waals surface area (Å²) in [5.41, 5.74) is 1.36. The fourth-order valence-corrected chi connectivity index (χ4v) is 1.43. The van der Waals surface area contributed by atoms with Gasteiger partial charge in [-0.25, -0.2) is 9.78 Å². The number of aryl methyl sites for hydroxylation is 1. The smallest absolute Gasteiger partial charge is 0.335 e. The first-order chi connectivity index (χ1) is 8.58. The Hall–Kier alpha value is -2.70. The topological polar surface area (TPSA) is 108 Å². The Morgan fingerprint density at radius 3 is 2.72 bits per heavy atom. The van der Waals surface area contributed by atoms with E-state index in [-0.39, 0.29) is 11.4 Å². The van der Waals surface area contributed by atoms with Gasteiger partial charge in [-0.05, 0) is 30.7 Å². The number of carboxylic acids is 1. The summed E-state index contributed by atoms with van der Waals surface area (Å²) in [4.78, 5) is 26.2. The van der Waals surface area contributed by atoms with Crippen molar-refractivity contribution < 1.29 is 14.7 Å². The molecule has 0 aliphatic heterocycles. The highest BCUT2D eigenvalue weighted by atomic mass is 16.4. The number of hydrogen-bond donors (Lipinski definition) is 3. The summed E-state index contributed by atoms with van der Waals surface area (Å²) in [6, 6.07) is 4.44. The van der Waals surface area contributed by atoms with E-state index in [0.29, 0.717) is 11.3 Å². The zero-order valence-electron chi connectivity index (χ0n) is 9.47. The maximum Gasteiger partial charge on any atom is 0.335 e.